The Bertz CT molecular complexity index is 1100. The number of fused-ring (bicyclic) bond motifs is 1. The van der Waals surface area contributed by atoms with Gasteiger partial charge in [-0.1, -0.05) is 81.2 Å². The number of benzene rings is 1. The van der Waals surface area contributed by atoms with Crippen LogP contribution in [0.1, 0.15) is 82.7 Å². The van der Waals surface area contributed by atoms with E-state index in [0.717, 1.165) is 54.6 Å². The zero-order valence-electron chi connectivity index (χ0n) is 21.0. The molecular weight excluding hydrogens is 456 g/mol. The molecule has 0 bridgehead atoms. The number of carbonyl (C=O) groups is 1. The first kappa shape index (κ1) is 24.5. The van der Waals surface area contributed by atoms with E-state index in [1.165, 1.54) is 51.4 Å². The number of aliphatic imine (C=N–C) groups is 1. The number of carbonyl (C=O) groups excluding carboxylic acids is 1. The van der Waals surface area contributed by atoms with Gasteiger partial charge in [0.25, 0.3) is 5.91 Å². The van der Waals surface area contributed by atoms with Crippen molar-refractivity contribution in [3.63, 3.8) is 0 Å². The number of hydrogen-bond donors (Lipinski definition) is 1. The Morgan fingerprint density at radius 2 is 1.80 bits per heavy atom. The molecule has 35 heavy (non-hydrogen) atoms. The van der Waals surface area contributed by atoms with E-state index in [4.69, 9.17) is 27.3 Å². The van der Waals surface area contributed by atoms with E-state index in [1.807, 2.05) is 12.1 Å². The van der Waals surface area contributed by atoms with Crippen LogP contribution < -0.4 is 5.73 Å². The Kier molecular flexibility index (Phi) is 7.34. The van der Waals surface area contributed by atoms with E-state index in [9.17, 15) is 4.79 Å². The van der Waals surface area contributed by atoms with Gasteiger partial charge in [0, 0.05) is 18.1 Å². The highest BCUT2D eigenvalue weighted by Gasteiger charge is 2.48. The summed E-state index contributed by atoms with van der Waals surface area (Å²) in [6.07, 6.45) is 15.1. The highest BCUT2D eigenvalue weighted by atomic mass is 35.5. The van der Waals surface area contributed by atoms with E-state index in [-0.39, 0.29) is 5.91 Å². The van der Waals surface area contributed by atoms with E-state index >= 15 is 0 Å². The number of nitrogens with two attached hydrogens (primary N) is 1. The lowest BCUT2D eigenvalue weighted by atomic mass is 9.72. The van der Waals surface area contributed by atoms with Crippen LogP contribution >= 0.6 is 11.6 Å². The fourth-order valence-corrected chi connectivity index (χ4v) is 7.11. The van der Waals surface area contributed by atoms with Crippen LogP contribution in [-0.4, -0.2) is 34.3 Å². The molecule has 5 nitrogen and oxygen atoms in total. The molecule has 2 saturated carbocycles. The maximum atomic E-state index is 13.4. The van der Waals surface area contributed by atoms with Gasteiger partial charge >= 0.3 is 0 Å². The van der Waals surface area contributed by atoms with Gasteiger partial charge in [-0.25, -0.2) is 4.99 Å². The van der Waals surface area contributed by atoms with Gasteiger partial charge in [0.05, 0.1) is 10.5 Å². The summed E-state index contributed by atoms with van der Waals surface area (Å²) in [7, 11) is 1.78. The topological polar surface area (TPSA) is 71.6 Å². The number of likely N-dealkylation sites (N-methyl/N-ethyl adjacent to an activating group) is 1. The number of para-hydroxylation sites is 1. The molecule has 1 aromatic heterocycles. The van der Waals surface area contributed by atoms with Gasteiger partial charge in [0.15, 0.2) is 5.96 Å². The molecule has 1 unspecified atom stereocenters. The number of rotatable bonds is 7. The molecule has 1 aliphatic heterocycles. The van der Waals surface area contributed by atoms with Gasteiger partial charge in [-0.3, -0.25) is 14.7 Å². The van der Waals surface area contributed by atoms with Crippen molar-refractivity contribution < 1.29 is 4.79 Å². The molecule has 2 aliphatic carbocycles. The number of pyridine rings is 1. The number of guanidine groups is 1. The summed E-state index contributed by atoms with van der Waals surface area (Å²) in [5.41, 5.74) is 7.53. The summed E-state index contributed by atoms with van der Waals surface area (Å²) < 4.78 is 0. The molecule has 1 aromatic carbocycles. The van der Waals surface area contributed by atoms with Crippen LogP contribution in [0.2, 0.25) is 5.02 Å². The molecule has 2 aromatic rings. The molecule has 0 radical (unpaired) electrons. The van der Waals surface area contributed by atoms with Crippen molar-refractivity contribution in [2.75, 3.05) is 7.05 Å². The van der Waals surface area contributed by atoms with Gasteiger partial charge in [-0.15, -0.1) is 0 Å². The molecule has 0 saturated heterocycles. The van der Waals surface area contributed by atoms with Crippen molar-refractivity contribution in [3.05, 3.63) is 41.0 Å². The van der Waals surface area contributed by atoms with E-state index in [2.05, 4.69) is 18.2 Å². The lowest BCUT2D eigenvalue weighted by molar-refractivity contribution is -0.131. The van der Waals surface area contributed by atoms with Gasteiger partial charge < -0.3 is 5.73 Å². The molecule has 2 N–H and O–H groups in total. The summed E-state index contributed by atoms with van der Waals surface area (Å²) in [4.78, 5) is 24.8. The second-order valence-electron chi connectivity index (χ2n) is 11.3. The zero-order valence-corrected chi connectivity index (χ0v) is 21.8. The lowest BCUT2D eigenvalue weighted by Gasteiger charge is -2.35. The van der Waals surface area contributed by atoms with Crippen LogP contribution in [0, 0.1) is 17.8 Å². The summed E-state index contributed by atoms with van der Waals surface area (Å²) in [6, 6.07) is 10.2. The predicted octanol–water partition coefficient (Wildman–Crippen LogP) is 6.51. The molecule has 1 amide bonds. The summed E-state index contributed by atoms with van der Waals surface area (Å²) >= 11 is 6.41. The van der Waals surface area contributed by atoms with Crippen molar-refractivity contribution in [3.8, 4) is 0 Å². The second kappa shape index (κ2) is 10.5. The van der Waals surface area contributed by atoms with E-state index < -0.39 is 5.54 Å². The first-order valence-electron chi connectivity index (χ1n) is 13.6. The molecule has 2 heterocycles. The van der Waals surface area contributed by atoms with Crippen molar-refractivity contribution in [1.82, 2.24) is 9.88 Å². The molecule has 6 heteroatoms. The van der Waals surface area contributed by atoms with Gasteiger partial charge in [0.2, 0.25) is 0 Å². The highest BCUT2D eigenvalue weighted by Crippen LogP contribution is 2.42. The first-order chi connectivity index (χ1) is 16.9. The SMILES string of the molecule is CN1C(=O)[C@](CCC2CCCCC2)(C[C@@H]2CCCC(Cc3ccc4cccc(Cl)c4n3)C2)N=C1N. The lowest BCUT2D eigenvalue weighted by Crippen LogP contribution is -2.44. The molecule has 3 aliphatic rings. The normalized spacial score (nSPS) is 28.0. The van der Waals surface area contributed by atoms with Crippen LogP contribution in [0.4, 0.5) is 0 Å². The molecular formula is C29H39ClN4O. The minimum Gasteiger partial charge on any atom is -0.369 e. The standard InChI is InChI=1S/C29H39ClN4O/c1-34-27(35)29(33-28(34)31,16-15-20-7-3-2-4-8-20)19-22-10-5-9-21(17-22)18-24-14-13-23-11-6-12-25(30)26(23)32-24/h6,11-14,20-22H,2-5,7-10,15-19H2,1H3,(H2,31,33)/t21?,22-,29+/m1/s1. The van der Waals surface area contributed by atoms with Crippen molar-refractivity contribution in [2.24, 2.45) is 28.5 Å². The monoisotopic (exact) mass is 494 g/mol. The Hall–Kier alpha value is -2.14. The van der Waals surface area contributed by atoms with Gasteiger partial charge in [-0.05, 0) is 62.0 Å². The highest BCUT2D eigenvalue weighted by molar-refractivity contribution is 6.35. The number of aromatic nitrogens is 1. The molecule has 3 atom stereocenters. The summed E-state index contributed by atoms with van der Waals surface area (Å²) in [6.45, 7) is 0. The Morgan fingerprint density at radius 3 is 2.57 bits per heavy atom. The third kappa shape index (κ3) is 5.35. The van der Waals surface area contributed by atoms with Crippen LogP contribution in [0.25, 0.3) is 10.9 Å². The molecule has 0 spiro atoms. The number of amides is 1. The predicted molar refractivity (Wildman–Crippen MR) is 143 cm³/mol. The smallest absolute Gasteiger partial charge is 0.257 e. The fourth-order valence-electron chi connectivity index (χ4n) is 6.89. The Balaban J connectivity index is 1.27. The fraction of sp³-hybridized carbons (Fsp3) is 0.621. The van der Waals surface area contributed by atoms with Crippen molar-refractivity contribution in [2.45, 2.75) is 89.0 Å². The maximum Gasteiger partial charge on any atom is 0.257 e. The number of hydrogen-bond acceptors (Lipinski definition) is 4. The quantitative estimate of drug-likeness (QED) is 0.476. The third-order valence-corrected chi connectivity index (χ3v) is 9.12. The summed E-state index contributed by atoms with van der Waals surface area (Å²) in [5.74, 6) is 2.31. The van der Waals surface area contributed by atoms with Gasteiger partial charge in [-0.2, -0.15) is 0 Å². The number of nitrogens with zero attached hydrogens (tertiary/aromatic N) is 3. The van der Waals surface area contributed by atoms with E-state index in [1.54, 1.807) is 11.9 Å². The second-order valence-corrected chi connectivity index (χ2v) is 11.7. The zero-order chi connectivity index (χ0) is 24.4. The minimum absolute atomic E-state index is 0.110. The third-order valence-electron chi connectivity index (χ3n) is 8.81. The Labute approximate surface area is 214 Å². The summed E-state index contributed by atoms with van der Waals surface area (Å²) in [5, 5.41) is 1.80. The maximum absolute atomic E-state index is 13.4. The van der Waals surface area contributed by atoms with E-state index in [0.29, 0.717) is 22.8 Å². The molecule has 2 fully saturated rings. The van der Waals surface area contributed by atoms with Crippen molar-refractivity contribution in [1.29, 1.82) is 0 Å². The molecule has 5 rings (SSSR count). The minimum atomic E-state index is -0.655. The average Bonchev–Trinajstić information content (AvgIpc) is 3.08. The van der Waals surface area contributed by atoms with Crippen LogP contribution in [-0.2, 0) is 11.2 Å². The first-order valence-corrected chi connectivity index (χ1v) is 14.0. The van der Waals surface area contributed by atoms with Crippen LogP contribution in [0.3, 0.4) is 0 Å². The van der Waals surface area contributed by atoms with Gasteiger partial charge in [0.1, 0.15) is 5.54 Å². The van der Waals surface area contributed by atoms with Crippen LogP contribution in [0.15, 0.2) is 35.3 Å². The average molecular weight is 495 g/mol. The largest absolute Gasteiger partial charge is 0.369 e. The van der Waals surface area contributed by atoms with Crippen molar-refractivity contribution >= 4 is 34.4 Å². The Morgan fingerprint density at radius 1 is 1.03 bits per heavy atom. The number of halogens is 1. The molecule has 188 valence electrons. The van der Waals surface area contributed by atoms with Crippen LogP contribution in [0.5, 0.6) is 0 Å².